The smallest absolute Gasteiger partial charge is 0.0363 e. The Kier molecular flexibility index (Phi) is 4.79. The number of piperidine rings is 1. The van der Waals surface area contributed by atoms with Crippen LogP contribution in [-0.2, 0) is 10.8 Å². The van der Waals surface area contributed by atoms with Crippen molar-refractivity contribution in [1.29, 1.82) is 0 Å². The summed E-state index contributed by atoms with van der Waals surface area (Å²) in [6.45, 7) is 6.71. The minimum atomic E-state index is -0.538. The van der Waals surface area contributed by atoms with Gasteiger partial charge in [0.25, 0.3) is 0 Å². The van der Waals surface area contributed by atoms with E-state index >= 15 is 0 Å². The highest BCUT2D eigenvalue weighted by molar-refractivity contribution is 7.85. The van der Waals surface area contributed by atoms with E-state index in [1.54, 1.807) is 0 Å². The molecule has 0 aromatic rings. The van der Waals surface area contributed by atoms with Gasteiger partial charge < -0.3 is 5.32 Å². The molecule has 0 amide bonds. The highest BCUT2D eigenvalue weighted by atomic mass is 32.2. The minimum absolute atomic E-state index is 0.538. The van der Waals surface area contributed by atoms with Crippen molar-refractivity contribution >= 4 is 10.8 Å². The van der Waals surface area contributed by atoms with E-state index in [4.69, 9.17) is 0 Å². The lowest BCUT2D eigenvalue weighted by molar-refractivity contribution is 0.210. The maximum absolute atomic E-state index is 11.3. The predicted molar refractivity (Wildman–Crippen MR) is 69.1 cm³/mol. The van der Waals surface area contributed by atoms with Crippen molar-refractivity contribution in [3.63, 3.8) is 0 Å². The van der Waals surface area contributed by atoms with E-state index < -0.39 is 10.8 Å². The molecule has 0 aromatic heterocycles. The van der Waals surface area contributed by atoms with Gasteiger partial charge in [0, 0.05) is 48.0 Å². The Labute approximate surface area is 101 Å². The van der Waals surface area contributed by atoms with Crippen molar-refractivity contribution in [2.45, 2.75) is 32.2 Å². The maximum atomic E-state index is 11.3. The summed E-state index contributed by atoms with van der Waals surface area (Å²) in [6.07, 6.45) is 4.00. The van der Waals surface area contributed by atoms with Crippen LogP contribution in [0.5, 0.6) is 0 Å². The van der Waals surface area contributed by atoms with Crippen LogP contribution >= 0.6 is 0 Å². The molecule has 0 aromatic carbocycles. The third-order valence-corrected chi connectivity index (χ3v) is 5.21. The van der Waals surface area contributed by atoms with Crippen molar-refractivity contribution < 1.29 is 4.21 Å². The zero-order valence-electron chi connectivity index (χ0n) is 10.3. The Hall–Kier alpha value is 0.0700. The second kappa shape index (κ2) is 6.12. The summed E-state index contributed by atoms with van der Waals surface area (Å²) in [5.41, 5.74) is 0. The average molecular weight is 244 g/mol. The largest absolute Gasteiger partial charge is 0.313 e. The maximum Gasteiger partial charge on any atom is 0.0363 e. The zero-order chi connectivity index (χ0) is 11.4. The van der Waals surface area contributed by atoms with Crippen LogP contribution in [0.1, 0.15) is 26.2 Å². The SMILES string of the molecule is CCC1CCNC(CN2CCS(=O)CC2)C1. The highest BCUT2D eigenvalue weighted by Crippen LogP contribution is 2.20. The van der Waals surface area contributed by atoms with Crippen LogP contribution < -0.4 is 5.32 Å². The summed E-state index contributed by atoms with van der Waals surface area (Å²) in [7, 11) is -0.538. The van der Waals surface area contributed by atoms with Crippen molar-refractivity contribution in [1.82, 2.24) is 10.2 Å². The van der Waals surface area contributed by atoms with E-state index in [0.29, 0.717) is 6.04 Å². The van der Waals surface area contributed by atoms with Crippen molar-refractivity contribution in [2.24, 2.45) is 5.92 Å². The van der Waals surface area contributed by atoms with Gasteiger partial charge in [0.05, 0.1) is 0 Å². The third-order valence-electron chi connectivity index (χ3n) is 3.93. The van der Waals surface area contributed by atoms with E-state index in [0.717, 1.165) is 37.1 Å². The molecule has 2 rings (SSSR count). The van der Waals surface area contributed by atoms with Gasteiger partial charge in [0.1, 0.15) is 0 Å². The molecule has 0 saturated carbocycles. The van der Waals surface area contributed by atoms with Crippen molar-refractivity contribution in [3.05, 3.63) is 0 Å². The average Bonchev–Trinajstić information content (AvgIpc) is 2.32. The van der Waals surface area contributed by atoms with Gasteiger partial charge in [-0.2, -0.15) is 0 Å². The topological polar surface area (TPSA) is 32.3 Å². The fourth-order valence-electron chi connectivity index (χ4n) is 2.77. The van der Waals surface area contributed by atoms with Crippen LogP contribution in [0.3, 0.4) is 0 Å². The molecule has 2 saturated heterocycles. The summed E-state index contributed by atoms with van der Waals surface area (Å²) in [4.78, 5) is 2.48. The summed E-state index contributed by atoms with van der Waals surface area (Å²) >= 11 is 0. The molecule has 16 heavy (non-hydrogen) atoms. The monoisotopic (exact) mass is 244 g/mol. The lowest BCUT2D eigenvalue weighted by Crippen LogP contribution is -2.49. The van der Waals surface area contributed by atoms with Crippen LogP contribution in [0.4, 0.5) is 0 Å². The van der Waals surface area contributed by atoms with Crippen LogP contribution in [0.2, 0.25) is 0 Å². The number of hydrogen-bond donors (Lipinski definition) is 1. The minimum Gasteiger partial charge on any atom is -0.313 e. The Morgan fingerprint density at radius 2 is 2.12 bits per heavy atom. The van der Waals surface area contributed by atoms with E-state index in [1.807, 2.05) is 0 Å². The van der Waals surface area contributed by atoms with E-state index in [9.17, 15) is 4.21 Å². The highest BCUT2D eigenvalue weighted by Gasteiger charge is 2.23. The molecule has 0 radical (unpaired) electrons. The first-order chi connectivity index (χ1) is 7.78. The lowest BCUT2D eigenvalue weighted by Gasteiger charge is -2.35. The van der Waals surface area contributed by atoms with Gasteiger partial charge in [-0.3, -0.25) is 9.11 Å². The molecule has 4 heteroatoms. The molecule has 3 nitrogen and oxygen atoms in total. The molecule has 2 heterocycles. The first-order valence-electron chi connectivity index (χ1n) is 6.58. The molecule has 1 N–H and O–H groups in total. The van der Waals surface area contributed by atoms with Crippen LogP contribution in [0, 0.1) is 5.92 Å². The lowest BCUT2D eigenvalue weighted by atomic mass is 9.90. The van der Waals surface area contributed by atoms with Crippen LogP contribution in [-0.4, -0.2) is 52.8 Å². The van der Waals surface area contributed by atoms with Crippen LogP contribution in [0.25, 0.3) is 0 Å². The summed E-state index contributed by atoms with van der Waals surface area (Å²) < 4.78 is 11.3. The normalized spacial score (nSPS) is 34.1. The first-order valence-corrected chi connectivity index (χ1v) is 8.07. The van der Waals surface area contributed by atoms with Gasteiger partial charge in [-0.15, -0.1) is 0 Å². The van der Waals surface area contributed by atoms with Crippen molar-refractivity contribution in [2.75, 3.05) is 37.7 Å². The molecule has 0 aliphatic carbocycles. The molecule has 2 fully saturated rings. The third kappa shape index (κ3) is 3.54. The molecular formula is C12H24N2OS. The standard InChI is InChI=1S/C12H24N2OS/c1-2-11-3-4-13-12(9-11)10-14-5-7-16(15)8-6-14/h11-13H,2-10H2,1H3. The van der Waals surface area contributed by atoms with Gasteiger partial charge in [0.2, 0.25) is 0 Å². The van der Waals surface area contributed by atoms with E-state index in [-0.39, 0.29) is 0 Å². The van der Waals surface area contributed by atoms with Crippen molar-refractivity contribution in [3.8, 4) is 0 Å². The molecular weight excluding hydrogens is 220 g/mol. The van der Waals surface area contributed by atoms with Crippen LogP contribution in [0.15, 0.2) is 0 Å². The molecule has 94 valence electrons. The molecule has 2 aliphatic heterocycles. The van der Waals surface area contributed by atoms with E-state index in [2.05, 4.69) is 17.1 Å². The molecule has 2 aliphatic rings. The Bertz CT molecular complexity index is 237. The fourth-order valence-corrected chi connectivity index (χ4v) is 3.90. The fraction of sp³-hybridized carbons (Fsp3) is 1.00. The number of nitrogens with zero attached hydrogens (tertiary/aromatic N) is 1. The van der Waals surface area contributed by atoms with E-state index in [1.165, 1.54) is 25.8 Å². The Morgan fingerprint density at radius 3 is 2.81 bits per heavy atom. The molecule has 0 bridgehead atoms. The van der Waals surface area contributed by atoms with Gasteiger partial charge >= 0.3 is 0 Å². The summed E-state index contributed by atoms with van der Waals surface area (Å²) in [6, 6.07) is 0.672. The quantitative estimate of drug-likeness (QED) is 0.798. The molecule has 2 unspecified atom stereocenters. The second-order valence-corrected chi connectivity index (χ2v) is 6.79. The second-order valence-electron chi connectivity index (χ2n) is 5.10. The van der Waals surface area contributed by atoms with Gasteiger partial charge in [0.15, 0.2) is 0 Å². The summed E-state index contributed by atoms with van der Waals surface area (Å²) in [5, 5.41) is 3.62. The first kappa shape index (κ1) is 12.5. The molecule has 2 atom stereocenters. The zero-order valence-corrected chi connectivity index (χ0v) is 11.1. The Balaban J connectivity index is 1.74. The predicted octanol–water partition coefficient (Wildman–Crippen LogP) is 0.829. The number of rotatable bonds is 3. The van der Waals surface area contributed by atoms with Gasteiger partial charge in [-0.1, -0.05) is 13.3 Å². The number of nitrogens with one attached hydrogen (secondary N) is 1. The van der Waals surface area contributed by atoms with Gasteiger partial charge in [-0.25, -0.2) is 0 Å². The number of hydrogen-bond acceptors (Lipinski definition) is 3. The summed E-state index contributed by atoms with van der Waals surface area (Å²) in [5.74, 6) is 2.68. The molecule has 0 spiro atoms. The Morgan fingerprint density at radius 1 is 1.38 bits per heavy atom. The van der Waals surface area contributed by atoms with Gasteiger partial charge in [-0.05, 0) is 25.3 Å².